The lowest BCUT2D eigenvalue weighted by atomic mass is 10.2. The number of rotatable bonds is 6. The van der Waals surface area contributed by atoms with Gasteiger partial charge < -0.3 is 16.1 Å². The molecule has 0 aromatic carbocycles. The van der Waals surface area contributed by atoms with Crippen LogP contribution in [0.2, 0.25) is 0 Å². The van der Waals surface area contributed by atoms with Crippen molar-refractivity contribution in [3.8, 4) is 11.3 Å². The van der Waals surface area contributed by atoms with Crippen LogP contribution in [0.4, 0.5) is 5.82 Å². The first kappa shape index (κ1) is 18.0. The fourth-order valence-electron chi connectivity index (χ4n) is 2.29. The van der Waals surface area contributed by atoms with Gasteiger partial charge in [-0.25, -0.2) is 10.8 Å². The summed E-state index contributed by atoms with van der Waals surface area (Å²) in [5.74, 6) is 5.70. The lowest BCUT2D eigenvalue weighted by Gasteiger charge is -2.06. The van der Waals surface area contributed by atoms with Gasteiger partial charge in [-0.1, -0.05) is 0 Å². The molecule has 0 atom stereocenters. The predicted octanol–water partition coefficient (Wildman–Crippen LogP) is 0.436. The van der Waals surface area contributed by atoms with E-state index in [1.165, 1.54) is 9.69 Å². The summed E-state index contributed by atoms with van der Waals surface area (Å²) >= 11 is 0. The Morgan fingerprint density at radius 1 is 1.26 bits per heavy atom. The Kier molecular flexibility index (Phi) is 5.38. The van der Waals surface area contributed by atoms with Crippen LogP contribution in [0.5, 0.6) is 0 Å². The Labute approximate surface area is 155 Å². The van der Waals surface area contributed by atoms with Crippen LogP contribution in [0.1, 0.15) is 5.56 Å². The molecule has 0 fully saturated rings. The van der Waals surface area contributed by atoms with Gasteiger partial charge in [0.2, 0.25) is 5.91 Å². The number of nitrogens with two attached hydrogens (primary N) is 2. The van der Waals surface area contributed by atoms with E-state index in [-0.39, 0.29) is 12.5 Å². The quantitative estimate of drug-likeness (QED) is 0.422. The normalized spacial score (nSPS) is 11.3. The number of aromatic nitrogens is 5. The summed E-state index contributed by atoms with van der Waals surface area (Å²) in [5.41, 5.74) is 8.54. The molecular formula is C17H19N9O. The third-order valence-electron chi connectivity index (χ3n) is 3.50. The Bertz CT molecular complexity index is 933. The molecule has 0 aliphatic heterocycles. The number of hydrogen-bond acceptors (Lipinski definition) is 8. The summed E-state index contributed by atoms with van der Waals surface area (Å²) < 4.78 is 1.48. The first-order chi connectivity index (χ1) is 13.0. The van der Waals surface area contributed by atoms with Gasteiger partial charge in [0.05, 0.1) is 23.8 Å². The maximum Gasteiger partial charge on any atom is 0.247 e. The largest absolute Gasteiger partial charge is 0.397 e. The van der Waals surface area contributed by atoms with Crippen molar-refractivity contribution in [2.75, 3.05) is 12.4 Å². The van der Waals surface area contributed by atoms with Crippen LogP contribution in [-0.2, 0) is 11.3 Å². The molecule has 138 valence electrons. The Morgan fingerprint density at radius 2 is 2.11 bits per heavy atom. The van der Waals surface area contributed by atoms with Gasteiger partial charge in [0, 0.05) is 49.2 Å². The molecular weight excluding hydrogens is 346 g/mol. The van der Waals surface area contributed by atoms with E-state index in [2.05, 4.69) is 25.4 Å². The van der Waals surface area contributed by atoms with Crippen molar-refractivity contribution in [2.45, 2.75) is 6.54 Å². The van der Waals surface area contributed by atoms with E-state index in [0.29, 0.717) is 22.8 Å². The summed E-state index contributed by atoms with van der Waals surface area (Å²) in [6, 6.07) is 3.52. The molecule has 3 rings (SSSR count). The molecule has 27 heavy (non-hydrogen) atoms. The average molecular weight is 365 g/mol. The molecule has 10 nitrogen and oxygen atoms in total. The molecule has 0 bridgehead atoms. The van der Waals surface area contributed by atoms with Crippen molar-refractivity contribution in [1.82, 2.24) is 29.7 Å². The second-order valence-corrected chi connectivity index (χ2v) is 5.75. The second-order valence-electron chi connectivity index (χ2n) is 5.75. The zero-order valence-corrected chi connectivity index (χ0v) is 14.6. The Hall–Kier alpha value is -3.79. The highest BCUT2D eigenvalue weighted by atomic mass is 16.2. The highest BCUT2D eigenvalue weighted by Crippen LogP contribution is 2.16. The monoisotopic (exact) mass is 365 g/mol. The molecule has 0 aliphatic carbocycles. The van der Waals surface area contributed by atoms with Crippen LogP contribution in [0, 0.1) is 0 Å². The summed E-state index contributed by atoms with van der Waals surface area (Å²) in [4.78, 5) is 24.6. The van der Waals surface area contributed by atoms with E-state index in [1.54, 1.807) is 56.5 Å². The Balaban J connectivity index is 1.60. The van der Waals surface area contributed by atoms with Crippen molar-refractivity contribution >= 4 is 17.4 Å². The SMILES string of the molecule is CN(N)/C=C(\N)c1cnn(CC(=O)Nc2ccc(-c3cnccn3)cn2)c1. The molecule has 0 unspecified atom stereocenters. The fraction of sp³-hybridized carbons (Fsp3) is 0.118. The standard InChI is InChI=1S/C17H19N9O/c1-25(19)10-14(18)13-7-23-26(9-13)11-17(27)24-16-3-2-12(6-22-16)15-8-20-4-5-21-15/h2-10H,11,18-19H2,1H3,(H,22,24,27)/b14-10-. The van der Waals surface area contributed by atoms with Crippen molar-refractivity contribution < 1.29 is 4.79 Å². The molecule has 10 heteroatoms. The van der Waals surface area contributed by atoms with Crippen LogP contribution in [-0.4, -0.2) is 42.7 Å². The lowest BCUT2D eigenvalue weighted by molar-refractivity contribution is -0.116. The van der Waals surface area contributed by atoms with E-state index in [0.717, 1.165) is 5.56 Å². The molecule has 3 heterocycles. The number of amides is 1. The van der Waals surface area contributed by atoms with Crippen LogP contribution in [0.15, 0.2) is 55.5 Å². The number of anilines is 1. The second kappa shape index (κ2) is 8.06. The highest BCUT2D eigenvalue weighted by molar-refractivity contribution is 5.89. The average Bonchev–Trinajstić information content (AvgIpc) is 3.11. The molecule has 1 amide bonds. The van der Waals surface area contributed by atoms with Gasteiger partial charge in [0.15, 0.2) is 0 Å². The van der Waals surface area contributed by atoms with E-state index in [1.807, 2.05) is 6.07 Å². The third kappa shape index (κ3) is 4.86. The molecule has 0 saturated carbocycles. The van der Waals surface area contributed by atoms with Gasteiger partial charge >= 0.3 is 0 Å². The molecule has 0 radical (unpaired) electrons. The zero-order valence-electron chi connectivity index (χ0n) is 14.6. The van der Waals surface area contributed by atoms with Crippen LogP contribution in [0.25, 0.3) is 17.0 Å². The van der Waals surface area contributed by atoms with Crippen molar-refractivity contribution in [3.05, 3.63) is 61.1 Å². The van der Waals surface area contributed by atoms with Crippen molar-refractivity contribution in [3.63, 3.8) is 0 Å². The number of nitrogens with one attached hydrogen (secondary N) is 1. The highest BCUT2D eigenvalue weighted by Gasteiger charge is 2.08. The van der Waals surface area contributed by atoms with Gasteiger partial charge in [-0.3, -0.25) is 19.4 Å². The number of pyridine rings is 1. The van der Waals surface area contributed by atoms with Crippen molar-refractivity contribution in [1.29, 1.82) is 0 Å². The van der Waals surface area contributed by atoms with Crippen LogP contribution >= 0.6 is 0 Å². The molecule has 0 spiro atoms. The van der Waals surface area contributed by atoms with Crippen LogP contribution < -0.4 is 16.9 Å². The minimum atomic E-state index is -0.261. The summed E-state index contributed by atoms with van der Waals surface area (Å²) in [5, 5.41) is 8.18. The molecule has 0 saturated heterocycles. The minimum Gasteiger partial charge on any atom is -0.397 e. The van der Waals surface area contributed by atoms with E-state index >= 15 is 0 Å². The van der Waals surface area contributed by atoms with Gasteiger partial charge in [0.1, 0.15) is 12.4 Å². The number of hydrogen-bond donors (Lipinski definition) is 3. The van der Waals surface area contributed by atoms with Crippen molar-refractivity contribution in [2.24, 2.45) is 11.6 Å². The number of hydrazine groups is 1. The Morgan fingerprint density at radius 3 is 2.78 bits per heavy atom. The smallest absolute Gasteiger partial charge is 0.247 e. The predicted molar refractivity (Wildman–Crippen MR) is 100 cm³/mol. The van der Waals surface area contributed by atoms with E-state index in [4.69, 9.17) is 11.6 Å². The van der Waals surface area contributed by atoms with E-state index in [9.17, 15) is 4.79 Å². The summed E-state index contributed by atoms with van der Waals surface area (Å²) in [6.07, 6.45) is 11.3. The summed E-state index contributed by atoms with van der Waals surface area (Å²) in [7, 11) is 1.66. The molecule has 5 N–H and O–H groups in total. The maximum atomic E-state index is 12.2. The maximum absolute atomic E-state index is 12.2. The van der Waals surface area contributed by atoms with Gasteiger partial charge in [-0.2, -0.15) is 5.10 Å². The number of carbonyl (C=O) groups is 1. The van der Waals surface area contributed by atoms with E-state index < -0.39 is 0 Å². The molecule has 3 aromatic rings. The van der Waals surface area contributed by atoms with Gasteiger partial charge in [0.25, 0.3) is 0 Å². The van der Waals surface area contributed by atoms with Gasteiger partial charge in [-0.05, 0) is 12.1 Å². The minimum absolute atomic E-state index is 0.0271. The number of carbonyl (C=O) groups excluding carboxylic acids is 1. The molecule has 0 aliphatic rings. The topological polar surface area (TPSA) is 141 Å². The first-order valence-corrected chi connectivity index (χ1v) is 8.01. The zero-order chi connectivity index (χ0) is 19.2. The first-order valence-electron chi connectivity index (χ1n) is 8.01. The number of nitrogens with zero attached hydrogens (tertiary/aromatic N) is 6. The summed E-state index contributed by atoms with van der Waals surface area (Å²) in [6.45, 7) is 0.0271. The molecule has 3 aromatic heterocycles. The fourth-order valence-corrected chi connectivity index (χ4v) is 2.29. The third-order valence-corrected chi connectivity index (χ3v) is 3.50. The lowest BCUT2D eigenvalue weighted by Crippen LogP contribution is -2.20. The van der Waals surface area contributed by atoms with Crippen LogP contribution in [0.3, 0.4) is 0 Å². The van der Waals surface area contributed by atoms with Gasteiger partial charge in [-0.15, -0.1) is 0 Å².